The molecule has 8 nitrogen and oxygen atoms in total. The summed E-state index contributed by atoms with van der Waals surface area (Å²) in [4.78, 5) is 25.4. The molecular formula is C20H18F3N7O. The minimum absolute atomic E-state index is 0.0150. The molecule has 11 heteroatoms. The fraction of sp³-hybridized carbons (Fsp3) is 0.250. The summed E-state index contributed by atoms with van der Waals surface area (Å²) in [6.07, 6.45) is 4.67. The molecule has 1 amide bonds. The maximum absolute atomic E-state index is 14.1. The standard InChI is InChI=1S/C20H18F3N7O/c1-11-3-4-30(19-15(23)8-25-10-26-19)9-12(11)17-5-16(28-29(17)2)20(31)27-18-13(21)6-24-7-14(18)22/h5-8,10H,3-4,9H2,1-2H3,(H,24,27,31). The molecule has 3 aromatic heterocycles. The SMILES string of the molecule is CC1=C(c2cc(C(=O)Nc3c(F)cncc3F)nn2C)CN(c2ncncc2F)CC1. The highest BCUT2D eigenvalue weighted by Gasteiger charge is 2.25. The molecule has 4 rings (SSSR count). The molecule has 31 heavy (non-hydrogen) atoms. The van der Waals surface area contributed by atoms with E-state index in [0.717, 1.165) is 29.7 Å². The van der Waals surface area contributed by atoms with Gasteiger partial charge in [-0.25, -0.2) is 23.1 Å². The van der Waals surface area contributed by atoms with Crippen molar-refractivity contribution in [3.63, 3.8) is 0 Å². The second-order valence-electron chi connectivity index (χ2n) is 7.10. The van der Waals surface area contributed by atoms with Crippen molar-refractivity contribution in [2.75, 3.05) is 23.3 Å². The Morgan fingerprint density at radius 3 is 2.52 bits per heavy atom. The number of carbonyl (C=O) groups is 1. The third-order valence-electron chi connectivity index (χ3n) is 5.08. The summed E-state index contributed by atoms with van der Waals surface area (Å²) in [7, 11) is 1.66. The summed E-state index contributed by atoms with van der Waals surface area (Å²) >= 11 is 0. The Labute approximate surface area is 175 Å². The van der Waals surface area contributed by atoms with Crippen molar-refractivity contribution in [2.45, 2.75) is 13.3 Å². The number of halogens is 3. The molecule has 0 unspecified atom stereocenters. The molecule has 0 bridgehead atoms. The van der Waals surface area contributed by atoms with Crippen LogP contribution in [0.3, 0.4) is 0 Å². The van der Waals surface area contributed by atoms with Crippen LogP contribution < -0.4 is 10.2 Å². The predicted molar refractivity (Wildman–Crippen MR) is 107 cm³/mol. The van der Waals surface area contributed by atoms with Crippen molar-refractivity contribution in [1.29, 1.82) is 0 Å². The lowest BCUT2D eigenvalue weighted by Gasteiger charge is -2.30. The Balaban J connectivity index is 1.61. The number of pyridine rings is 1. The molecule has 1 aliphatic heterocycles. The van der Waals surface area contributed by atoms with Crippen LogP contribution >= 0.6 is 0 Å². The van der Waals surface area contributed by atoms with E-state index in [1.165, 1.54) is 17.1 Å². The van der Waals surface area contributed by atoms with Gasteiger partial charge >= 0.3 is 0 Å². The van der Waals surface area contributed by atoms with Gasteiger partial charge in [-0.2, -0.15) is 5.10 Å². The molecule has 0 atom stereocenters. The molecule has 0 radical (unpaired) electrons. The Kier molecular flexibility index (Phi) is 5.40. The van der Waals surface area contributed by atoms with Gasteiger partial charge in [0.15, 0.2) is 29.0 Å². The lowest BCUT2D eigenvalue weighted by Crippen LogP contribution is -2.32. The Morgan fingerprint density at radius 1 is 1.10 bits per heavy atom. The zero-order valence-electron chi connectivity index (χ0n) is 16.7. The minimum atomic E-state index is -0.988. The van der Waals surface area contributed by atoms with E-state index in [0.29, 0.717) is 25.2 Å². The lowest BCUT2D eigenvalue weighted by molar-refractivity contribution is 0.102. The van der Waals surface area contributed by atoms with Crippen LogP contribution in [0.25, 0.3) is 5.57 Å². The van der Waals surface area contributed by atoms with Crippen LogP contribution in [-0.2, 0) is 7.05 Å². The van der Waals surface area contributed by atoms with Gasteiger partial charge in [-0.05, 0) is 25.0 Å². The zero-order chi connectivity index (χ0) is 22.1. The van der Waals surface area contributed by atoms with Crippen LogP contribution in [0.15, 0.2) is 36.6 Å². The number of aromatic nitrogens is 5. The fourth-order valence-corrected chi connectivity index (χ4v) is 3.45. The van der Waals surface area contributed by atoms with Crippen LogP contribution in [0.5, 0.6) is 0 Å². The number of nitrogens with one attached hydrogen (secondary N) is 1. The highest BCUT2D eigenvalue weighted by Crippen LogP contribution is 2.30. The first kappa shape index (κ1) is 20.5. The van der Waals surface area contributed by atoms with Crippen LogP contribution in [0, 0.1) is 17.5 Å². The first-order chi connectivity index (χ1) is 14.8. The van der Waals surface area contributed by atoms with Gasteiger partial charge in [-0.15, -0.1) is 0 Å². The second-order valence-corrected chi connectivity index (χ2v) is 7.10. The van der Waals surface area contributed by atoms with Gasteiger partial charge in [0.05, 0.1) is 24.3 Å². The van der Waals surface area contributed by atoms with Crippen LogP contribution in [0.4, 0.5) is 24.7 Å². The Bertz CT molecular complexity index is 1170. The average Bonchev–Trinajstić information content (AvgIpc) is 3.13. The third kappa shape index (κ3) is 3.98. The molecule has 3 aromatic rings. The quantitative estimate of drug-likeness (QED) is 0.686. The number of hydrogen-bond donors (Lipinski definition) is 1. The van der Waals surface area contributed by atoms with E-state index in [2.05, 4.69) is 25.4 Å². The van der Waals surface area contributed by atoms with Gasteiger partial charge in [0.2, 0.25) is 0 Å². The molecule has 1 aliphatic rings. The normalized spacial score (nSPS) is 14.2. The highest BCUT2D eigenvalue weighted by atomic mass is 19.1. The summed E-state index contributed by atoms with van der Waals surface area (Å²) in [5, 5.41) is 6.38. The van der Waals surface area contributed by atoms with E-state index in [9.17, 15) is 18.0 Å². The predicted octanol–water partition coefficient (Wildman–Crippen LogP) is 2.96. The van der Waals surface area contributed by atoms with Crippen molar-refractivity contribution in [1.82, 2.24) is 24.7 Å². The van der Waals surface area contributed by atoms with Crippen molar-refractivity contribution in [2.24, 2.45) is 7.05 Å². The van der Waals surface area contributed by atoms with Crippen molar-refractivity contribution < 1.29 is 18.0 Å². The number of amides is 1. The average molecular weight is 429 g/mol. The molecular weight excluding hydrogens is 411 g/mol. The van der Waals surface area contributed by atoms with E-state index < -0.39 is 29.0 Å². The lowest BCUT2D eigenvalue weighted by atomic mass is 9.98. The Morgan fingerprint density at radius 2 is 1.81 bits per heavy atom. The zero-order valence-corrected chi connectivity index (χ0v) is 16.7. The van der Waals surface area contributed by atoms with Gasteiger partial charge < -0.3 is 10.2 Å². The first-order valence-corrected chi connectivity index (χ1v) is 9.39. The summed E-state index contributed by atoms with van der Waals surface area (Å²) in [6.45, 7) is 2.89. The highest BCUT2D eigenvalue weighted by molar-refractivity contribution is 6.03. The fourth-order valence-electron chi connectivity index (χ4n) is 3.45. The van der Waals surface area contributed by atoms with E-state index in [1.807, 2.05) is 6.92 Å². The topological polar surface area (TPSA) is 88.8 Å². The van der Waals surface area contributed by atoms with Crippen molar-refractivity contribution >= 4 is 23.0 Å². The molecule has 0 aromatic carbocycles. The van der Waals surface area contributed by atoms with Gasteiger partial charge in [-0.3, -0.25) is 14.5 Å². The molecule has 1 N–H and O–H groups in total. The van der Waals surface area contributed by atoms with E-state index >= 15 is 0 Å². The first-order valence-electron chi connectivity index (χ1n) is 9.39. The number of hydrogen-bond acceptors (Lipinski definition) is 6. The van der Waals surface area contributed by atoms with Crippen LogP contribution in [-0.4, -0.2) is 43.7 Å². The molecule has 0 saturated heterocycles. The van der Waals surface area contributed by atoms with E-state index in [4.69, 9.17) is 0 Å². The number of aryl methyl sites for hydroxylation is 1. The summed E-state index contributed by atoms with van der Waals surface area (Å²) in [6, 6.07) is 1.53. The van der Waals surface area contributed by atoms with Gasteiger partial charge in [0.1, 0.15) is 12.0 Å². The third-order valence-corrected chi connectivity index (χ3v) is 5.08. The second kappa shape index (κ2) is 8.17. The molecule has 0 spiro atoms. The molecule has 0 fully saturated rings. The summed E-state index contributed by atoms with van der Waals surface area (Å²) in [5.41, 5.74) is 1.95. The molecule has 0 aliphatic carbocycles. The molecule has 4 heterocycles. The molecule has 160 valence electrons. The van der Waals surface area contributed by atoms with Crippen molar-refractivity contribution in [3.8, 4) is 0 Å². The maximum atomic E-state index is 14.1. The monoisotopic (exact) mass is 429 g/mol. The van der Waals surface area contributed by atoms with Crippen molar-refractivity contribution in [3.05, 3.63) is 65.4 Å². The number of rotatable bonds is 4. The smallest absolute Gasteiger partial charge is 0.276 e. The van der Waals surface area contributed by atoms with Crippen LogP contribution in [0.1, 0.15) is 29.5 Å². The summed E-state index contributed by atoms with van der Waals surface area (Å²) in [5.74, 6) is -3.06. The van der Waals surface area contributed by atoms with Crippen LogP contribution in [0.2, 0.25) is 0 Å². The van der Waals surface area contributed by atoms with Gasteiger partial charge in [-0.1, -0.05) is 5.57 Å². The number of carbonyl (C=O) groups excluding carboxylic acids is 1. The molecule has 0 saturated carbocycles. The van der Waals surface area contributed by atoms with Gasteiger partial charge in [0, 0.05) is 20.1 Å². The van der Waals surface area contributed by atoms with E-state index in [-0.39, 0.29) is 11.5 Å². The largest absolute Gasteiger partial charge is 0.349 e. The Hall–Kier alpha value is -3.76. The summed E-state index contributed by atoms with van der Waals surface area (Å²) < 4.78 is 43.2. The number of nitrogens with zero attached hydrogens (tertiary/aromatic N) is 6. The van der Waals surface area contributed by atoms with E-state index in [1.54, 1.807) is 11.9 Å². The number of anilines is 2. The maximum Gasteiger partial charge on any atom is 0.276 e. The minimum Gasteiger partial charge on any atom is -0.349 e. The van der Waals surface area contributed by atoms with Gasteiger partial charge in [0.25, 0.3) is 5.91 Å².